The van der Waals surface area contributed by atoms with Crippen molar-refractivity contribution in [2.24, 2.45) is 0 Å². The molecule has 0 aliphatic carbocycles. The average Bonchev–Trinajstić information content (AvgIpc) is 2.48. The second-order valence-corrected chi connectivity index (χ2v) is 2.31. The Hall–Kier alpha value is -1.56. The topological polar surface area (TPSA) is 0 Å². The molecule has 0 bridgehead atoms. The lowest BCUT2D eigenvalue weighted by Crippen LogP contribution is -1.47. The van der Waals surface area contributed by atoms with Gasteiger partial charge in [0.25, 0.3) is 0 Å². The van der Waals surface area contributed by atoms with E-state index in [4.69, 9.17) is 0 Å². The zero-order valence-corrected chi connectivity index (χ0v) is 10.9. The summed E-state index contributed by atoms with van der Waals surface area (Å²) in [6.45, 7) is 8.00. The molecule has 0 amide bonds. The third kappa shape index (κ3) is 20.5. The van der Waals surface area contributed by atoms with Crippen LogP contribution in [0.1, 0.15) is 38.0 Å². The lowest BCUT2D eigenvalue weighted by Gasteiger charge is -1.69. The number of hydrogen-bond donors (Lipinski definition) is 0. The smallest absolute Gasteiger partial charge is 0 e. The van der Waals surface area contributed by atoms with Crippen LogP contribution in [0.4, 0.5) is 0 Å². The summed E-state index contributed by atoms with van der Waals surface area (Å²) in [5.41, 5.74) is 0. The van der Waals surface area contributed by atoms with Gasteiger partial charge in [-0.2, -0.15) is 0 Å². The van der Waals surface area contributed by atoms with Gasteiger partial charge in [0.1, 0.15) is 0 Å². The first-order valence-corrected chi connectivity index (χ1v) is 6.00. The standard InChI is InChI=1S/2C6H6.2C2H6.CH4.2H2/c2*1-2-4-6-5-3-1;2*1-2;;;/h2*1-6H;2*1-2H3;1H4;2*1H/i;;;;;2*1+1. The Morgan fingerprint density at radius 3 is 0.471 bits per heavy atom. The van der Waals surface area contributed by atoms with E-state index < -0.39 is 0 Å². The lowest BCUT2D eigenvalue weighted by molar-refractivity contribution is 1.50. The predicted octanol–water partition coefficient (Wildman–Crippen LogP) is 6.55. The summed E-state index contributed by atoms with van der Waals surface area (Å²) in [6, 6.07) is 24.0. The SMILES string of the molecule is C.CC.CC.[2HH].[2HH].c1ccccc1.c1ccccc1. The van der Waals surface area contributed by atoms with Crippen molar-refractivity contribution in [2.75, 3.05) is 0 Å². The van der Waals surface area contributed by atoms with E-state index >= 15 is 0 Å². The van der Waals surface area contributed by atoms with Crippen LogP contribution in [0.25, 0.3) is 0 Å². The van der Waals surface area contributed by atoms with Crippen LogP contribution in [0, 0.1) is 0 Å². The van der Waals surface area contributed by atoms with Crippen LogP contribution in [0.2, 0.25) is 0 Å². The van der Waals surface area contributed by atoms with Crippen LogP contribution in [0.15, 0.2) is 72.8 Å². The van der Waals surface area contributed by atoms with Gasteiger partial charge in [-0.25, -0.2) is 0 Å². The van der Waals surface area contributed by atoms with Crippen LogP contribution >= 0.6 is 0 Å². The second kappa shape index (κ2) is 23.9. The summed E-state index contributed by atoms with van der Waals surface area (Å²) in [4.78, 5) is 0. The first-order chi connectivity index (χ1) is 8.00. The largest absolute Gasteiger partial charge is 0.0776 e. The van der Waals surface area contributed by atoms with Gasteiger partial charge >= 0.3 is 0 Å². The zero-order valence-electron chi connectivity index (χ0n) is 10.9. The number of hydrogen-bond acceptors (Lipinski definition) is 0. The molecule has 0 aliphatic rings. The summed E-state index contributed by atoms with van der Waals surface area (Å²) in [5.74, 6) is 0. The normalized spacial score (nSPS) is 6.35. The second-order valence-electron chi connectivity index (χ2n) is 2.31. The van der Waals surface area contributed by atoms with Crippen LogP contribution in [0.3, 0.4) is 0 Å². The summed E-state index contributed by atoms with van der Waals surface area (Å²) in [5, 5.41) is 0. The highest BCUT2D eigenvalue weighted by Crippen LogP contribution is 1.80. The molecule has 0 unspecified atom stereocenters. The fraction of sp³-hybridized carbons (Fsp3) is 0.294. The highest BCUT2D eigenvalue weighted by Gasteiger charge is 1.58. The number of benzene rings is 2. The van der Waals surface area contributed by atoms with E-state index in [0.29, 0.717) is 0 Å². The molecule has 0 saturated carbocycles. The maximum absolute atomic E-state index is 2.00. The van der Waals surface area contributed by atoms with Crippen molar-refractivity contribution in [1.29, 1.82) is 0 Å². The molecule has 2 aromatic carbocycles. The van der Waals surface area contributed by atoms with E-state index in [2.05, 4.69) is 0 Å². The zero-order chi connectivity index (χ0) is 12.5. The molecule has 0 aromatic heterocycles. The fourth-order valence-electron chi connectivity index (χ4n) is 0.770. The average molecular weight is 238 g/mol. The molecular weight excluding hydrogens is 204 g/mol. The van der Waals surface area contributed by atoms with Gasteiger partial charge in [0.2, 0.25) is 0 Å². The van der Waals surface area contributed by atoms with Crippen molar-refractivity contribution >= 4 is 0 Å². The molecule has 0 spiro atoms. The maximum Gasteiger partial charge on any atom is 0 e. The Morgan fingerprint density at radius 2 is 0.412 bits per heavy atom. The molecule has 0 fully saturated rings. The van der Waals surface area contributed by atoms with E-state index in [9.17, 15) is 0 Å². The Labute approximate surface area is 111 Å². The molecule has 0 aliphatic heterocycles. The van der Waals surface area contributed by atoms with Crippen LogP contribution in [-0.4, -0.2) is 0 Å². The maximum atomic E-state index is 2.00. The van der Waals surface area contributed by atoms with Gasteiger partial charge in [-0.05, 0) is 0 Å². The van der Waals surface area contributed by atoms with E-state index in [1.165, 1.54) is 0 Å². The Balaban J connectivity index is -0.0000000486. The molecule has 17 heavy (non-hydrogen) atoms. The summed E-state index contributed by atoms with van der Waals surface area (Å²) in [7, 11) is 0. The Kier molecular flexibility index (Phi) is 29.3. The minimum absolute atomic E-state index is 0. The molecule has 0 atom stereocenters. The summed E-state index contributed by atoms with van der Waals surface area (Å²) < 4.78 is 0. The van der Waals surface area contributed by atoms with Crippen molar-refractivity contribution in [1.82, 2.24) is 0 Å². The van der Waals surface area contributed by atoms with E-state index in [-0.39, 0.29) is 10.3 Å². The first-order valence-electron chi connectivity index (χ1n) is 6.00. The van der Waals surface area contributed by atoms with Crippen molar-refractivity contribution < 1.29 is 2.85 Å². The molecule has 0 nitrogen and oxygen atoms in total. The third-order valence-electron chi connectivity index (χ3n) is 1.33. The van der Waals surface area contributed by atoms with E-state index in [0.717, 1.165) is 0 Å². The Bertz CT molecular complexity index is 185. The molecule has 2 rings (SSSR count). The van der Waals surface area contributed by atoms with Gasteiger partial charge < -0.3 is 0 Å². The van der Waals surface area contributed by atoms with Crippen molar-refractivity contribution in [2.45, 2.75) is 35.1 Å². The third-order valence-corrected chi connectivity index (χ3v) is 1.33. The minimum atomic E-state index is 0. The quantitative estimate of drug-likeness (QED) is 0.488. The minimum Gasteiger partial charge on any atom is -0.0776 e. The van der Waals surface area contributed by atoms with Gasteiger partial charge in [0.15, 0.2) is 0 Å². The molecule has 0 heteroatoms. The van der Waals surface area contributed by atoms with Crippen molar-refractivity contribution in [3.8, 4) is 0 Å². The lowest BCUT2D eigenvalue weighted by atomic mass is 10.4. The van der Waals surface area contributed by atoms with Gasteiger partial charge in [-0.3, -0.25) is 0 Å². The molecule has 0 saturated heterocycles. The van der Waals surface area contributed by atoms with Crippen molar-refractivity contribution in [3.63, 3.8) is 0 Å². The van der Waals surface area contributed by atoms with Crippen LogP contribution < -0.4 is 0 Å². The summed E-state index contributed by atoms with van der Waals surface area (Å²) >= 11 is 0. The van der Waals surface area contributed by atoms with Gasteiger partial charge in [-0.15, -0.1) is 0 Å². The Morgan fingerprint density at radius 1 is 0.353 bits per heavy atom. The van der Waals surface area contributed by atoms with Crippen LogP contribution in [0.5, 0.6) is 0 Å². The molecular formula is C17H32. The van der Waals surface area contributed by atoms with E-state index in [1.54, 1.807) is 0 Å². The van der Waals surface area contributed by atoms with E-state index in [1.807, 2.05) is 100 Å². The molecule has 0 heterocycles. The highest BCUT2D eigenvalue weighted by molar-refractivity contribution is 4.99. The predicted molar refractivity (Wildman–Crippen MR) is 86.5 cm³/mol. The molecule has 100 valence electrons. The first kappa shape index (κ1) is 20.8. The van der Waals surface area contributed by atoms with Gasteiger partial charge in [0.05, 0.1) is 0 Å². The van der Waals surface area contributed by atoms with Crippen LogP contribution in [-0.2, 0) is 0 Å². The monoisotopic (exact) mass is 238 g/mol. The molecule has 2 aromatic rings. The molecule has 0 N–H and O–H groups in total. The highest BCUT2D eigenvalue weighted by atomic mass is 13.7. The van der Waals surface area contributed by atoms with Gasteiger partial charge in [0, 0.05) is 2.85 Å². The molecule has 0 radical (unpaired) electrons. The number of rotatable bonds is 0. The fourth-order valence-corrected chi connectivity index (χ4v) is 0.770. The van der Waals surface area contributed by atoms with Gasteiger partial charge in [-0.1, -0.05) is 108 Å². The van der Waals surface area contributed by atoms with Crippen molar-refractivity contribution in [3.05, 3.63) is 72.8 Å². The summed E-state index contributed by atoms with van der Waals surface area (Å²) in [6.07, 6.45) is 0.